The fourth-order valence-electron chi connectivity index (χ4n) is 2.60. The lowest BCUT2D eigenvalue weighted by atomic mass is 9.95. The minimum Gasteiger partial charge on any atom is -0.406 e. The Labute approximate surface area is 143 Å². The molecular weight excluding hydrogens is 337 g/mol. The number of hydrogen-bond acceptors (Lipinski definition) is 3. The normalized spacial score (nSPS) is 16.4. The molecule has 1 aromatic rings. The van der Waals surface area contributed by atoms with Crippen molar-refractivity contribution in [3.8, 4) is 5.75 Å². The van der Waals surface area contributed by atoms with Gasteiger partial charge in [0, 0.05) is 11.7 Å². The number of hydrogen-bond donors (Lipinski definition) is 3. The van der Waals surface area contributed by atoms with Gasteiger partial charge in [-0.2, -0.15) is 0 Å². The third-order valence-corrected chi connectivity index (χ3v) is 3.72. The van der Waals surface area contributed by atoms with Gasteiger partial charge in [0.05, 0.1) is 0 Å². The minimum atomic E-state index is -4.73. The Morgan fingerprint density at radius 3 is 2.44 bits per heavy atom. The zero-order chi connectivity index (χ0) is 18.3. The number of nitrogens with zero attached hydrogens (tertiary/aromatic N) is 1. The SMILES string of the molecule is NC(=NCC(=O)NC1CCCCC1)Nc1ccc(OC(F)(F)F)cc1. The molecule has 6 nitrogen and oxygen atoms in total. The van der Waals surface area contributed by atoms with Gasteiger partial charge < -0.3 is 21.1 Å². The van der Waals surface area contributed by atoms with E-state index < -0.39 is 6.36 Å². The summed E-state index contributed by atoms with van der Waals surface area (Å²) in [6.07, 6.45) is 0.665. The zero-order valence-corrected chi connectivity index (χ0v) is 13.6. The predicted molar refractivity (Wildman–Crippen MR) is 88.3 cm³/mol. The number of alkyl halides is 3. The summed E-state index contributed by atoms with van der Waals surface area (Å²) in [7, 11) is 0. The maximum Gasteiger partial charge on any atom is 0.573 e. The van der Waals surface area contributed by atoms with Gasteiger partial charge in [-0.05, 0) is 37.1 Å². The third kappa shape index (κ3) is 7.32. The van der Waals surface area contributed by atoms with Crippen LogP contribution in [0, 0.1) is 0 Å². The second kappa shape index (κ2) is 8.59. The maximum absolute atomic E-state index is 12.1. The first-order chi connectivity index (χ1) is 11.8. The number of benzene rings is 1. The van der Waals surface area contributed by atoms with Crippen LogP contribution in [0.5, 0.6) is 5.75 Å². The Bertz CT molecular complexity index is 596. The van der Waals surface area contributed by atoms with Gasteiger partial charge in [0.25, 0.3) is 0 Å². The van der Waals surface area contributed by atoms with Crippen molar-refractivity contribution >= 4 is 17.6 Å². The van der Waals surface area contributed by atoms with Gasteiger partial charge in [-0.25, -0.2) is 4.99 Å². The molecule has 0 aromatic heterocycles. The Morgan fingerprint density at radius 1 is 1.20 bits per heavy atom. The molecule has 0 saturated heterocycles. The van der Waals surface area contributed by atoms with Gasteiger partial charge in [0.1, 0.15) is 12.3 Å². The molecule has 4 N–H and O–H groups in total. The number of carbonyl (C=O) groups excluding carboxylic acids is 1. The van der Waals surface area contributed by atoms with Crippen LogP contribution in [0.25, 0.3) is 0 Å². The standard InChI is InChI=1S/C16H21F3N4O2/c17-16(18,19)25-13-8-6-12(7-9-13)23-15(20)21-10-14(24)22-11-4-2-1-3-5-11/h6-9,11H,1-5,10H2,(H,22,24)(H3,20,21,23). The van der Waals surface area contributed by atoms with Crippen molar-refractivity contribution in [2.75, 3.05) is 11.9 Å². The summed E-state index contributed by atoms with van der Waals surface area (Å²) >= 11 is 0. The molecule has 1 amide bonds. The van der Waals surface area contributed by atoms with Crippen LogP contribution in [0.2, 0.25) is 0 Å². The van der Waals surface area contributed by atoms with Gasteiger partial charge in [-0.15, -0.1) is 13.2 Å². The molecule has 2 rings (SSSR count). The topological polar surface area (TPSA) is 88.7 Å². The van der Waals surface area contributed by atoms with E-state index in [1.54, 1.807) is 0 Å². The quantitative estimate of drug-likeness (QED) is 0.558. The van der Waals surface area contributed by atoms with Crippen LogP contribution in [0.4, 0.5) is 18.9 Å². The summed E-state index contributed by atoms with van der Waals surface area (Å²) in [5.74, 6) is -0.533. The lowest BCUT2D eigenvalue weighted by Crippen LogP contribution is -2.38. The molecule has 0 spiro atoms. The molecule has 1 fully saturated rings. The average Bonchev–Trinajstić information content (AvgIpc) is 2.54. The van der Waals surface area contributed by atoms with Gasteiger partial charge in [0.15, 0.2) is 5.96 Å². The van der Waals surface area contributed by atoms with E-state index in [9.17, 15) is 18.0 Å². The molecule has 0 radical (unpaired) electrons. The number of amides is 1. The molecule has 25 heavy (non-hydrogen) atoms. The molecule has 0 bridgehead atoms. The summed E-state index contributed by atoms with van der Waals surface area (Å²) in [5.41, 5.74) is 6.11. The van der Waals surface area contributed by atoms with Crippen LogP contribution in [0.3, 0.4) is 0 Å². The monoisotopic (exact) mass is 358 g/mol. The van der Waals surface area contributed by atoms with Gasteiger partial charge in [-0.3, -0.25) is 4.79 Å². The van der Waals surface area contributed by atoms with E-state index in [1.165, 1.54) is 18.6 Å². The molecule has 1 saturated carbocycles. The number of carbonyl (C=O) groups is 1. The average molecular weight is 358 g/mol. The largest absolute Gasteiger partial charge is 0.573 e. The lowest BCUT2D eigenvalue weighted by molar-refractivity contribution is -0.274. The Hall–Kier alpha value is -2.45. The van der Waals surface area contributed by atoms with E-state index in [-0.39, 0.29) is 30.2 Å². The van der Waals surface area contributed by atoms with Crippen molar-refractivity contribution in [2.24, 2.45) is 10.7 Å². The minimum absolute atomic E-state index is 0.00304. The molecule has 1 aliphatic carbocycles. The number of ether oxygens (including phenoxy) is 1. The first-order valence-corrected chi connectivity index (χ1v) is 8.04. The van der Waals surface area contributed by atoms with Crippen molar-refractivity contribution in [1.82, 2.24) is 5.32 Å². The second-order valence-electron chi connectivity index (χ2n) is 5.80. The highest BCUT2D eigenvalue weighted by molar-refractivity contribution is 5.93. The van der Waals surface area contributed by atoms with Gasteiger partial charge in [-0.1, -0.05) is 19.3 Å². The Balaban J connectivity index is 1.79. The van der Waals surface area contributed by atoms with Crippen molar-refractivity contribution < 1.29 is 22.7 Å². The summed E-state index contributed by atoms with van der Waals surface area (Å²) in [5, 5.41) is 5.62. The summed E-state index contributed by atoms with van der Waals surface area (Å²) < 4.78 is 40.0. The molecule has 9 heteroatoms. The number of aliphatic imine (C=N–C) groups is 1. The molecule has 0 atom stereocenters. The fourth-order valence-corrected chi connectivity index (χ4v) is 2.60. The highest BCUT2D eigenvalue weighted by Crippen LogP contribution is 2.23. The van der Waals surface area contributed by atoms with Crippen LogP contribution >= 0.6 is 0 Å². The van der Waals surface area contributed by atoms with Crippen molar-refractivity contribution in [2.45, 2.75) is 44.5 Å². The second-order valence-corrected chi connectivity index (χ2v) is 5.80. The maximum atomic E-state index is 12.1. The number of rotatable bonds is 5. The predicted octanol–water partition coefficient (Wildman–Crippen LogP) is 2.76. The van der Waals surface area contributed by atoms with Gasteiger partial charge in [0.2, 0.25) is 5.91 Å². The van der Waals surface area contributed by atoms with Crippen LogP contribution in [-0.4, -0.2) is 30.8 Å². The molecule has 0 aliphatic heterocycles. The molecule has 1 aromatic carbocycles. The molecule has 0 heterocycles. The highest BCUT2D eigenvalue weighted by Gasteiger charge is 2.30. The molecule has 1 aliphatic rings. The van der Waals surface area contributed by atoms with Crippen molar-refractivity contribution in [3.63, 3.8) is 0 Å². The first-order valence-electron chi connectivity index (χ1n) is 8.04. The summed E-state index contributed by atoms with van der Waals surface area (Å²) in [6, 6.07) is 5.24. The van der Waals surface area contributed by atoms with Crippen molar-refractivity contribution in [3.05, 3.63) is 24.3 Å². The van der Waals surface area contributed by atoms with E-state index in [1.807, 2.05) is 0 Å². The third-order valence-electron chi connectivity index (χ3n) is 3.72. The van der Waals surface area contributed by atoms with Crippen LogP contribution < -0.4 is 21.1 Å². The molecule has 0 unspecified atom stereocenters. The number of guanidine groups is 1. The summed E-state index contributed by atoms with van der Waals surface area (Å²) in [6.45, 7) is -0.107. The fraction of sp³-hybridized carbons (Fsp3) is 0.500. The van der Waals surface area contributed by atoms with Crippen LogP contribution in [0.15, 0.2) is 29.3 Å². The number of nitrogens with two attached hydrogens (primary N) is 1. The Morgan fingerprint density at radius 2 is 1.84 bits per heavy atom. The zero-order valence-electron chi connectivity index (χ0n) is 13.6. The summed E-state index contributed by atoms with van der Waals surface area (Å²) in [4.78, 5) is 15.7. The van der Waals surface area contributed by atoms with Gasteiger partial charge >= 0.3 is 6.36 Å². The first kappa shape index (κ1) is 18.9. The number of nitrogens with one attached hydrogen (secondary N) is 2. The smallest absolute Gasteiger partial charge is 0.406 e. The number of anilines is 1. The lowest BCUT2D eigenvalue weighted by Gasteiger charge is -2.22. The number of halogens is 3. The Kier molecular flexibility index (Phi) is 6.49. The van der Waals surface area contributed by atoms with E-state index >= 15 is 0 Å². The van der Waals surface area contributed by atoms with E-state index in [4.69, 9.17) is 5.73 Å². The molecule has 138 valence electrons. The van der Waals surface area contributed by atoms with E-state index in [2.05, 4.69) is 20.4 Å². The van der Waals surface area contributed by atoms with Crippen LogP contribution in [0.1, 0.15) is 32.1 Å². The van der Waals surface area contributed by atoms with E-state index in [0.717, 1.165) is 37.8 Å². The van der Waals surface area contributed by atoms with Crippen molar-refractivity contribution in [1.29, 1.82) is 0 Å². The van der Waals surface area contributed by atoms with E-state index in [0.29, 0.717) is 5.69 Å². The highest BCUT2D eigenvalue weighted by atomic mass is 19.4. The van der Waals surface area contributed by atoms with Crippen LogP contribution in [-0.2, 0) is 4.79 Å². The molecular formula is C16H21F3N4O2.